The van der Waals surface area contributed by atoms with Gasteiger partial charge in [-0.25, -0.2) is 0 Å². The molecule has 0 spiro atoms. The summed E-state index contributed by atoms with van der Waals surface area (Å²) in [6.07, 6.45) is 1.89. The number of benzene rings is 1. The fourth-order valence-corrected chi connectivity index (χ4v) is 5.80. The Kier molecular flexibility index (Phi) is 6.10. The third kappa shape index (κ3) is 3.45. The molecule has 0 saturated heterocycles. The highest BCUT2D eigenvalue weighted by Crippen LogP contribution is 2.51. The molecule has 1 aromatic carbocycles. The number of nitrogens with zero attached hydrogens (tertiary/aromatic N) is 1. The van der Waals surface area contributed by atoms with Gasteiger partial charge < -0.3 is 20.5 Å². The molecule has 3 aliphatic rings. The van der Waals surface area contributed by atoms with Crippen LogP contribution in [0.15, 0.2) is 12.1 Å². The molecule has 9 heteroatoms. The van der Waals surface area contributed by atoms with Crippen molar-refractivity contribution in [2.75, 3.05) is 25.6 Å². The number of unbranched alkanes of at least 4 members (excludes halogenated alkanes) is 1. The number of nitrogens with two attached hydrogens (primary N) is 1. The molecule has 9 nitrogen and oxygen atoms in total. The number of hydrogen-bond acceptors (Lipinski definition) is 8. The molecule has 2 saturated carbocycles. The van der Waals surface area contributed by atoms with E-state index < -0.39 is 58.3 Å². The summed E-state index contributed by atoms with van der Waals surface area (Å²) in [5.41, 5.74) is 4.52. The number of rotatable bonds is 6. The van der Waals surface area contributed by atoms with Crippen molar-refractivity contribution >= 4 is 34.7 Å². The van der Waals surface area contributed by atoms with Crippen LogP contribution in [0.5, 0.6) is 5.75 Å². The van der Waals surface area contributed by atoms with Gasteiger partial charge in [-0.2, -0.15) is 0 Å². The molecule has 0 aromatic heterocycles. The van der Waals surface area contributed by atoms with Crippen molar-refractivity contribution in [2.24, 2.45) is 29.4 Å². The van der Waals surface area contributed by atoms with E-state index in [0.717, 1.165) is 24.1 Å². The maximum Gasteiger partial charge on any atom is 0.235 e. The van der Waals surface area contributed by atoms with E-state index in [1.807, 2.05) is 32.0 Å². The monoisotopic (exact) mass is 470 g/mol. The molecule has 0 aliphatic heterocycles. The van der Waals surface area contributed by atoms with Gasteiger partial charge >= 0.3 is 0 Å². The smallest absolute Gasteiger partial charge is 0.235 e. The number of fused-ring (bicyclic) bond motifs is 3. The lowest BCUT2D eigenvalue weighted by Crippen LogP contribution is -2.68. The number of ketones is 4. The number of carbonyl (C=O) groups is 5. The topological polar surface area (TPSA) is 144 Å². The Morgan fingerprint density at radius 2 is 1.88 bits per heavy atom. The van der Waals surface area contributed by atoms with Crippen molar-refractivity contribution in [3.8, 4) is 5.75 Å². The van der Waals surface area contributed by atoms with Crippen LogP contribution in [0, 0.1) is 23.7 Å². The Balaban J connectivity index is 1.79. The molecule has 2 unspecified atom stereocenters. The van der Waals surface area contributed by atoms with E-state index in [1.165, 1.54) is 0 Å². The van der Waals surface area contributed by atoms with Crippen molar-refractivity contribution in [2.45, 2.75) is 44.6 Å². The molecule has 34 heavy (non-hydrogen) atoms. The summed E-state index contributed by atoms with van der Waals surface area (Å²) in [6.45, 7) is 2.43. The lowest BCUT2D eigenvalue weighted by molar-refractivity contribution is -0.175. The van der Waals surface area contributed by atoms with Gasteiger partial charge in [-0.15, -0.1) is 0 Å². The van der Waals surface area contributed by atoms with Crippen LogP contribution in [0.25, 0.3) is 0 Å². The van der Waals surface area contributed by atoms with Crippen LogP contribution in [0.2, 0.25) is 0 Å². The van der Waals surface area contributed by atoms with Gasteiger partial charge in [0.05, 0.1) is 18.1 Å². The fourth-order valence-electron chi connectivity index (χ4n) is 5.80. The molecule has 0 radical (unpaired) electrons. The average Bonchev–Trinajstić information content (AvgIpc) is 2.76. The molecule has 1 aromatic rings. The second-order valence-corrected chi connectivity index (χ2v) is 9.77. The standard InChI is InChI=1S/C25H30N2O7/c1-4-5-8-34-17-7-6-15(27(2)3)14-10-12-9-13-11-16(28)20(24(26)32)23(31)25(13,33)22(30)18(12)21(29)19(14)17/h6-7,12-13,18,20,33H,4-5,8-11H2,1-3H3,(H2,26,32)/t12-,13+,18?,20?,25+/m1/s1. The first kappa shape index (κ1) is 24.1. The summed E-state index contributed by atoms with van der Waals surface area (Å²) >= 11 is 0. The van der Waals surface area contributed by atoms with Crippen molar-refractivity contribution in [3.05, 3.63) is 23.3 Å². The summed E-state index contributed by atoms with van der Waals surface area (Å²) in [4.78, 5) is 66.5. The van der Waals surface area contributed by atoms with Gasteiger partial charge in [-0.1, -0.05) is 13.3 Å². The van der Waals surface area contributed by atoms with Crippen LogP contribution >= 0.6 is 0 Å². The Labute approximate surface area is 197 Å². The predicted molar refractivity (Wildman–Crippen MR) is 122 cm³/mol. The summed E-state index contributed by atoms with van der Waals surface area (Å²) < 4.78 is 5.89. The van der Waals surface area contributed by atoms with Gasteiger partial charge in [0.25, 0.3) is 0 Å². The number of anilines is 1. The minimum absolute atomic E-state index is 0.134. The Morgan fingerprint density at radius 1 is 1.18 bits per heavy atom. The summed E-state index contributed by atoms with van der Waals surface area (Å²) in [5, 5.41) is 11.3. The number of primary amides is 1. The highest BCUT2D eigenvalue weighted by Gasteiger charge is 2.66. The zero-order valence-corrected chi connectivity index (χ0v) is 19.6. The molecule has 4 rings (SSSR count). The van der Waals surface area contributed by atoms with Crippen molar-refractivity contribution < 1.29 is 33.8 Å². The van der Waals surface area contributed by atoms with Crippen LogP contribution in [0.1, 0.15) is 48.5 Å². The predicted octanol–water partition coefficient (Wildman–Crippen LogP) is 0.866. The first-order valence-corrected chi connectivity index (χ1v) is 11.7. The Morgan fingerprint density at radius 3 is 2.50 bits per heavy atom. The normalized spacial score (nSPS) is 30.4. The largest absolute Gasteiger partial charge is 0.493 e. The molecule has 182 valence electrons. The summed E-state index contributed by atoms with van der Waals surface area (Å²) in [6, 6.07) is 3.58. The molecule has 1 amide bonds. The molecule has 2 fully saturated rings. The van der Waals surface area contributed by atoms with E-state index in [4.69, 9.17) is 10.5 Å². The number of ether oxygens (including phenoxy) is 1. The molecular weight excluding hydrogens is 440 g/mol. The molecule has 0 bridgehead atoms. The number of aliphatic hydroxyl groups is 1. The SMILES string of the molecule is CCCCOc1ccc(N(C)C)c2c1C(=O)C1C(=O)[C@]3(O)C(=O)C(C(N)=O)C(=O)C[C@@H]3C[C@@H]1C2. The van der Waals surface area contributed by atoms with Crippen molar-refractivity contribution in [3.63, 3.8) is 0 Å². The molecular formula is C25H30N2O7. The van der Waals surface area contributed by atoms with Gasteiger partial charge in [0, 0.05) is 32.1 Å². The van der Waals surface area contributed by atoms with Gasteiger partial charge in [-0.05, 0) is 42.9 Å². The first-order valence-electron chi connectivity index (χ1n) is 11.7. The van der Waals surface area contributed by atoms with Gasteiger partial charge in [-0.3, -0.25) is 24.0 Å². The quantitative estimate of drug-likeness (QED) is 0.460. The second kappa shape index (κ2) is 8.61. The maximum atomic E-state index is 13.8. The van der Waals surface area contributed by atoms with Gasteiger partial charge in [0.15, 0.2) is 34.7 Å². The van der Waals surface area contributed by atoms with Crippen molar-refractivity contribution in [1.82, 2.24) is 0 Å². The van der Waals surface area contributed by atoms with Crippen LogP contribution in [-0.4, -0.2) is 60.4 Å². The molecule has 3 N–H and O–H groups in total. The number of carbonyl (C=O) groups excluding carboxylic acids is 5. The average molecular weight is 471 g/mol. The maximum absolute atomic E-state index is 13.8. The summed E-state index contributed by atoms with van der Waals surface area (Å²) in [7, 11) is 3.72. The molecule has 3 aliphatic carbocycles. The van der Waals surface area contributed by atoms with Crippen molar-refractivity contribution in [1.29, 1.82) is 0 Å². The minimum atomic E-state index is -2.58. The molecule has 0 heterocycles. The lowest BCUT2D eigenvalue weighted by Gasteiger charge is -2.48. The van der Waals surface area contributed by atoms with Crippen LogP contribution in [0.3, 0.4) is 0 Å². The minimum Gasteiger partial charge on any atom is -0.493 e. The van der Waals surface area contributed by atoms with E-state index in [-0.39, 0.29) is 12.8 Å². The van der Waals surface area contributed by atoms with E-state index >= 15 is 0 Å². The van der Waals surface area contributed by atoms with Crippen LogP contribution in [0.4, 0.5) is 5.69 Å². The van der Waals surface area contributed by atoms with E-state index in [9.17, 15) is 29.1 Å². The highest BCUT2D eigenvalue weighted by molar-refractivity contribution is 6.31. The number of Topliss-reactive ketones (excluding diaryl/α,β-unsaturated/α-hetero) is 4. The van der Waals surface area contributed by atoms with Gasteiger partial charge in [0.2, 0.25) is 5.91 Å². The van der Waals surface area contributed by atoms with E-state index in [0.29, 0.717) is 24.3 Å². The van der Waals surface area contributed by atoms with Crippen LogP contribution in [-0.2, 0) is 25.6 Å². The van der Waals surface area contributed by atoms with Crippen LogP contribution < -0.4 is 15.4 Å². The lowest BCUT2D eigenvalue weighted by atomic mass is 9.54. The van der Waals surface area contributed by atoms with E-state index in [1.54, 1.807) is 6.07 Å². The zero-order chi connectivity index (χ0) is 24.9. The summed E-state index contributed by atoms with van der Waals surface area (Å²) in [5.74, 6) is -8.76. The van der Waals surface area contributed by atoms with Gasteiger partial charge in [0.1, 0.15) is 5.75 Å². The molecule has 5 atom stereocenters. The van der Waals surface area contributed by atoms with E-state index in [2.05, 4.69) is 0 Å². The Hall–Kier alpha value is -3.07. The number of amides is 1. The highest BCUT2D eigenvalue weighted by atomic mass is 16.5. The first-order chi connectivity index (χ1) is 16.0. The fraction of sp³-hybridized carbons (Fsp3) is 0.560. The second-order valence-electron chi connectivity index (χ2n) is 9.77. The zero-order valence-electron chi connectivity index (χ0n) is 19.6. The third-order valence-corrected chi connectivity index (χ3v) is 7.48. The Bertz CT molecular complexity index is 1090. The number of hydrogen-bond donors (Lipinski definition) is 2. The third-order valence-electron chi connectivity index (χ3n) is 7.48.